The lowest BCUT2D eigenvalue weighted by Crippen LogP contribution is -2.29. The second-order valence-electron chi connectivity index (χ2n) is 5.18. The minimum atomic E-state index is -3.77. The highest BCUT2D eigenvalue weighted by Crippen LogP contribution is 2.26. The summed E-state index contributed by atoms with van der Waals surface area (Å²) in [5, 5.41) is 8.63. The van der Waals surface area contributed by atoms with Crippen molar-refractivity contribution in [2.45, 2.75) is 24.7 Å². The fourth-order valence-corrected chi connectivity index (χ4v) is 3.88. The highest BCUT2D eigenvalue weighted by molar-refractivity contribution is 7.89. The molecule has 4 nitrogen and oxygen atoms in total. The average Bonchev–Trinajstić information content (AvgIpc) is 2.86. The van der Waals surface area contributed by atoms with Crippen LogP contribution in [0, 0.1) is 23.6 Å². The fraction of sp³-hybridized carbons (Fsp3) is 0.467. The molecule has 1 N–H and O–H groups in total. The van der Waals surface area contributed by atoms with Crippen LogP contribution in [0.5, 0.6) is 0 Å². The van der Waals surface area contributed by atoms with E-state index in [1.54, 1.807) is 0 Å². The summed E-state index contributed by atoms with van der Waals surface area (Å²) < 4.78 is 40.2. The lowest BCUT2D eigenvalue weighted by molar-refractivity contribution is 0.305. The number of rotatable bonds is 3. The number of benzene rings is 1. The van der Waals surface area contributed by atoms with Crippen molar-refractivity contribution in [1.29, 1.82) is 0 Å². The second kappa shape index (κ2) is 6.56. The Hall–Kier alpha value is -1.42. The van der Waals surface area contributed by atoms with Gasteiger partial charge in [-0.1, -0.05) is 18.8 Å². The maximum Gasteiger partial charge on any atom is 0.245 e. The van der Waals surface area contributed by atoms with E-state index in [0.717, 1.165) is 12.5 Å². The first-order valence-corrected chi connectivity index (χ1v) is 8.28. The third-order valence-corrected chi connectivity index (χ3v) is 5.30. The number of hydrogen-bond acceptors (Lipinski definition) is 3. The van der Waals surface area contributed by atoms with E-state index in [0.29, 0.717) is 31.0 Å². The predicted octanol–water partition coefficient (Wildman–Crippen LogP) is 1.59. The van der Waals surface area contributed by atoms with Crippen LogP contribution in [0.2, 0.25) is 0 Å². The first kappa shape index (κ1) is 16.0. The minimum absolute atomic E-state index is 0.0604. The van der Waals surface area contributed by atoms with Gasteiger partial charge in [0, 0.05) is 25.1 Å². The second-order valence-corrected chi connectivity index (χ2v) is 7.08. The van der Waals surface area contributed by atoms with E-state index in [1.165, 1.54) is 16.4 Å². The quantitative estimate of drug-likeness (QED) is 0.863. The zero-order chi connectivity index (χ0) is 15.5. The van der Waals surface area contributed by atoms with Crippen molar-refractivity contribution in [3.05, 3.63) is 29.6 Å². The Labute approximate surface area is 124 Å². The first-order chi connectivity index (χ1) is 9.95. The van der Waals surface area contributed by atoms with Gasteiger partial charge in [0.15, 0.2) is 0 Å². The molecule has 0 amide bonds. The molecular formula is C15H18FNO3S. The van der Waals surface area contributed by atoms with Crippen molar-refractivity contribution in [2.75, 3.05) is 19.7 Å². The molecular weight excluding hydrogens is 293 g/mol. The molecule has 0 bridgehead atoms. The molecule has 1 aromatic carbocycles. The van der Waals surface area contributed by atoms with Gasteiger partial charge < -0.3 is 5.11 Å². The largest absolute Gasteiger partial charge is 0.395 e. The Morgan fingerprint density at radius 3 is 2.81 bits per heavy atom. The maximum atomic E-state index is 14.1. The first-order valence-electron chi connectivity index (χ1n) is 6.84. The smallest absolute Gasteiger partial charge is 0.245 e. The van der Waals surface area contributed by atoms with E-state index in [1.807, 2.05) is 6.92 Å². The van der Waals surface area contributed by atoms with Gasteiger partial charge in [-0.05, 0) is 30.5 Å². The number of halogens is 1. The molecule has 1 aromatic rings. The molecule has 1 unspecified atom stereocenters. The predicted molar refractivity (Wildman–Crippen MR) is 77.5 cm³/mol. The van der Waals surface area contributed by atoms with Gasteiger partial charge >= 0.3 is 0 Å². The molecule has 1 aliphatic heterocycles. The maximum absolute atomic E-state index is 14.1. The summed E-state index contributed by atoms with van der Waals surface area (Å²) in [5.74, 6) is 4.87. The number of aliphatic hydroxyl groups is 1. The summed E-state index contributed by atoms with van der Waals surface area (Å²) in [5.41, 5.74) is 0.398. The summed E-state index contributed by atoms with van der Waals surface area (Å²) in [7, 11) is -3.77. The van der Waals surface area contributed by atoms with Crippen molar-refractivity contribution >= 4 is 10.0 Å². The van der Waals surface area contributed by atoms with Crippen LogP contribution in [0.3, 0.4) is 0 Å². The lowest BCUT2D eigenvalue weighted by atomic mass is 10.2. The van der Waals surface area contributed by atoms with E-state index in [-0.39, 0.29) is 11.5 Å². The molecule has 1 aliphatic rings. The highest BCUT2D eigenvalue weighted by Gasteiger charge is 2.32. The third-order valence-electron chi connectivity index (χ3n) is 3.41. The molecule has 1 fully saturated rings. The molecule has 0 saturated carbocycles. The van der Waals surface area contributed by atoms with E-state index < -0.39 is 15.8 Å². The van der Waals surface area contributed by atoms with E-state index in [2.05, 4.69) is 11.8 Å². The van der Waals surface area contributed by atoms with Crippen LogP contribution in [0.4, 0.5) is 4.39 Å². The highest BCUT2D eigenvalue weighted by atomic mass is 32.2. The Morgan fingerprint density at radius 1 is 1.48 bits per heavy atom. The van der Waals surface area contributed by atoms with Crippen LogP contribution in [0.15, 0.2) is 23.1 Å². The molecule has 114 valence electrons. The number of hydrogen-bond donors (Lipinski definition) is 1. The normalized spacial score (nSPS) is 19.3. The average molecular weight is 311 g/mol. The molecule has 1 atom stereocenters. The molecule has 1 heterocycles. The molecule has 1 saturated heterocycles. The zero-order valence-electron chi connectivity index (χ0n) is 11.8. The van der Waals surface area contributed by atoms with Gasteiger partial charge in [-0.2, -0.15) is 4.31 Å². The molecule has 21 heavy (non-hydrogen) atoms. The van der Waals surface area contributed by atoms with E-state index >= 15 is 0 Å². The van der Waals surface area contributed by atoms with Crippen molar-refractivity contribution in [3.8, 4) is 11.8 Å². The number of nitrogens with zero attached hydrogens (tertiary/aromatic N) is 1. The topological polar surface area (TPSA) is 57.6 Å². The third kappa shape index (κ3) is 3.62. The van der Waals surface area contributed by atoms with Crippen LogP contribution < -0.4 is 0 Å². The minimum Gasteiger partial charge on any atom is -0.395 e. The van der Waals surface area contributed by atoms with Gasteiger partial charge in [-0.15, -0.1) is 0 Å². The Balaban J connectivity index is 2.27. The number of sulfonamides is 1. The van der Waals surface area contributed by atoms with Crippen LogP contribution >= 0.6 is 0 Å². The van der Waals surface area contributed by atoms with Crippen LogP contribution in [0.1, 0.15) is 25.3 Å². The molecule has 0 aromatic heterocycles. The lowest BCUT2D eigenvalue weighted by Gasteiger charge is -2.16. The van der Waals surface area contributed by atoms with Crippen LogP contribution in [0.25, 0.3) is 0 Å². The fourth-order valence-electron chi connectivity index (χ4n) is 2.26. The van der Waals surface area contributed by atoms with Crippen molar-refractivity contribution < 1.29 is 17.9 Å². The molecule has 6 heteroatoms. The summed E-state index contributed by atoms with van der Waals surface area (Å²) in [6.07, 6.45) is 1.10. The number of aliphatic hydroxyl groups excluding tert-OH is 1. The standard InChI is InChI=1S/C15H18FNO3S/c1-12-7-8-17(11-12)21(19,20)15-6-5-13(10-14(15)16)4-2-3-9-18/h5-6,10,12,18H,3,7-9,11H2,1H3. The van der Waals surface area contributed by atoms with Crippen molar-refractivity contribution in [3.63, 3.8) is 0 Å². The monoisotopic (exact) mass is 311 g/mol. The van der Waals surface area contributed by atoms with Gasteiger partial charge in [0.1, 0.15) is 10.7 Å². The van der Waals surface area contributed by atoms with Crippen molar-refractivity contribution in [1.82, 2.24) is 4.31 Å². The van der Waals surface area contributed by atoms with Crippen LogP contribution in [-0.2, 0) is 10.0 Å². The summed E-state index contributed by atoms with van der Waals surface area (Å²) in [6.45, 7) is 2.78. The van der Waals surface area contributed by atoms with Gasteiger partial charge in [0.05, 0.1) is 6.61 Å². The summed E-state index contributed by atoms with van der Waals surface area (Å²) in [4.78, 5) is -0.302. The molecule has 2 rings (SSSR count). The Kier molecular flexibility index (Phi) is 4.99. The van der Waals surface area contributed by atoms with Gasteiger partial charge in [-0.3, -0.25) is 0 Å². The van der Waals surface area contributed by atoms with Gasteiger partial charge in [-0.25, -0.2) is 12.8 Å². The Morgan fingerprint density at radius 2 is 2.24 bits per heavy atom. The molecule has 0 aliphatic carbocycles. The SMILES string of the molecule is CC1CCN(S(=O)(=O)c2ccc(C#CCCO)cc2F)C1. The molecule has 0 spiro atoms. The van der Waals surface area contributed by atoms with E-state index in [4.69, 9.17) is 5.11 Å². The summed E-state index contributed by atoms with van der Waals surface area (Å²) in [6, 6.07) is 3.87. The van der Waals surface area contributed by atoms with Crippen LogP contribution in [-0.4, -0.2) is 37.5 Å². The van der Waals surface area contributed by atoms with E-state index in [9.17, 15) is 12.8 Å². The van der Waals surface area contributed by atoms with Crippen molar-refractivity contribution in [2.24, 2.45) is 5.92 Å². The van der Waals surface area contributed by atoms with Gasteiger partial charge in [0.2, 0.25) is 10.0 Å². The molecule has 0 radical (unpaired) electrons. The van der Waals surface area contributed by atoms with Gasteiger partial charge in [0.25, 0.3) is 0 Å². The zero-order valence-corrected chi connectivity index (χ0v) is 12.7. The Bertz CT molecular complexity index is 676. The summed E-state index contributed by atoms with van der Waals surface area (Å²) >= 11 is 0.